The van der Waals surface area contributed by atoms with E-state index in [2.05, 4.69) is 5.32 Å². The van der Waals surface area contributed by atoms with Crippen LogP contribution >= 0.6 is 0 Å². The molecule has 0 aromatic heterocycles. The third kappa shape index (κ3) is 6.45. The minimum Gasteiger partial charge on any atom is -0.493 e. The van der Waals surface area contributed by atoms with Crippen molar-refractivity contribution in [3.8, 4) is 11.8 Å². The largest absolute Gasteiger partial charge is 0.493 e. The van der Waals surface area contributed by atoms with Crippen LogP contribution in [-0.4, -0.2) is 24.6 Å². The number of ether oxygens (including phenoxy) is 2. The number of anilines is 1. The van der Waals surface area contributed by atoms with E-state index < -0.39 is 5.91 Å². The number of amides is 1. The summed E-state index contributed by atoms with van der Waals surface area (Å²) in [6.45, 7) is 2.56. The molecule has 32 heavy (non-hydrogen) atoms. The summed E-state index contributed by atoms with van der Waals surface area (Å²) in [7, 11) is 0. The Kier molecular flexibility index (Phi) is 8.44. The average Bonchev–Trinajstić information content (AvgIpc) is 2.82. The molecule has 2 aromatic rings. The molecular formula is C26H28N2O4. The highest BCUT2D eigenvalue weighted by Crippen LogP contribution is 2.23. The Labute approximate surface area is 188 Å². The minimum atomic E-state index is -0.532. The predicted molar refractivity (Wildman–Crippen MR) is 123 cm³/mol. The van der Waals surface area contributed by atoms with Crippen LogP contribution in [0.5, 0.6) is 5.75 Å². The summed E-state index contributed by atoms with van der Waals surface area (Å²) in [4.78, 5) is 25.0. The second kappa shape index (κ2) is 11.7. The molecule has 1 saturated carbocycles. The highest BCUT2D eigenvalue weighted by molar-refractivity contribution is 6.10. The summed E-state index contributed by atoms with van der Waals surface area (Å²) in [6.07, 6.45) is 7.55. The SMILES string of the molecule is CCCOc1ccccc1/C=C(\C#N)C(=O)Nc1ccc(C(=O)OC2CCCCC2)cc1. The Morgan fingerprint density at radius 2 is 1.81 bits per heavy atom. The maximum Gasteiger partial charge on any atom is 0.338 e. The molecule has 1 fully saturated rings. The van der Waals surface area contributed by atoms with E-state index >= 15 is 0 Å². The minimum absolute atomic E-state index is 0.0110. The first kappa shape index (κ1) is 23.1. The molecule has 0 unspecified atom stereocenters. The van der Waals surface area contributed by atoms with Crippen molar-refractivity contribution in [3.63, 3.8) is 0 Å². The van der Waals surface area contributed by atoms with E-state index in [0.717, 1.165) is 32.1 Å². The second-order valence-electron chi connectivity index (χ2n) is 7.75. The van der Waals surface area contributed by atoms with E-state index in [1.54, 1.807) is 36.4 Å². The third-order valence-electron chi connectivity index (χ3n) is 5.25. The van der Waals surface area contributed by atoms with Crippen molar-refractivity contribution in [2.24, 2.45) is 0 Å². The van der Waals surface area contributed by atoms with Gasteiger partial charge >= 0.3 is 5.97 Å². The summed E-state index contributed by atoms with van der Waals surface area (Å²) in [5, 5.41) is 12.2. The molecule has 166 valence electrons. The zero-order chi connectivity index (χ0) is 22.8. The number of nitrogens with one attached hydrogen (secondary N) is 1. The first-order valence-electron chi connectivity index (χ1n) is 11.1. The number of nitriles is 1. The predicted octanol–water partition coefficient (Wildman–Crippen LogP) is 5.51. The Hall–Kier alpha value is -3.59. The Bertz CT molecular complexity index is 999. The van der Waals surface area contributed by atoms with Crippen molar-refractivity contribution in [3.05, 3.63) is 65.2 Å². The zero-order valence-corrected chi connectivity index (χ0v) is 18.3. The number of nitrogens with zero attached hydrogens (tertiary/aromatic N) is 1. The molecule has 3 rings (SSSR count). The van der Waals surface area contributed by atoms with Crippen LogP contribution in [0.2, 0.25) is 0 Å². The molecule has 0 aliphatic heterocycles. The molecular weight excluding hydrogens is 404 g/mol. The first-order chi connectivity index (χ1) is 15.6. The summed E-state index contributed by atoms with van der Waals surface area (Å²) in [6, 6.07) is 15.7. The van der Waals surface area contributed by atoms with Gasteiger partial charge in [0.25, 0.3) is 5.91 Å². The van der Waals surface area contributed by atoms with Crippen molar-refractivity contribution in [2.75, 3.05) is 11.9 Å². The fraction of sp³-hybridized carbons (Fsp3) is 0.346. The van der Waals surface area contributed by atoms with Gasteiger partial charge < -0.3 is 14.8 Å². The first-order valence-corrected chi connectivity index (χ1v) is 11.1. The monoisotopic (exact) mass is 432 g/mol. The number of hydrogen-bond donors (Lipinski definition) is 1. The zero-order valence-electron chi connectivity index (χ0n) is 18.3. The van der Waals surface area contributed by atoms with Gasteiger partial charge in [0.05, 0.1) is 12.2 Å². The Morgan fingerprint density at radius 3 is 2.50 bits per heavy atom. The number of para-hydroxylation sites is 1. The number of esters is 1. The van der Waals surface area contributed by atoms with E-state index in [1.807, 2.05) is 25.1 Å². The van der Waals surface area contributed by atoms with Crippen LogP contribution < -0.4 is 10.1 Å². The lowest BCUT2D eigenvalue weighted by Gasteiger charge is -2.21. The summed E-state index contributed by atoms with van der Waals surface area (Å²) in [5.41, 5.74) is 1.54. The molecule has 0 radical (unpaired) electrons. The quantitative estimate of drug-likeness (QED) is 0.337. The number of benzene rings is 2. The van der Waals surface area contributed by atoms with Gasteiger partial charge in [-0.25, -0.2) is 4.79 Å². The molecule has 6 nitrogen and oxygen atoms in total. The molecule has 2 aromatic carbocycles. The fourth-order valence-electron chi connectivity index (χ4n) is 3.54. The molecule has 0 atom stereocenters. The van der Waals surface area contributed by atoms with Gasteiger partial charge in [0.2, 0.25) is 0 Å². The van der Waals surface area contributed by atoms with Gasteiger partial charge in [0.15, 0.2) is 0 Å². The maximum absolute atomic E-state index is 12.6. The van der Waals surface area contributed by atoms with Gasteiger partial charge in [-0.15, -0.1) is 0 Å². The molecule has 1 aliphatic carbocycles. The highest BCUT2D eigenvalue weighted by atomic mass is 16.5. The van der Waals surface area contributed by atoms with Gasteiger partial charge in [0, 0.05) is 11.3 Å². The van der Waals surface area contributed by atoms with Crippen LogP contribution in [0.15, 0.2) is 54.1 Å². The van der Waals surface area contributed by atoms with Gasteiger partial charge in [-0.05, 0) is 68.5 Å². The van der Waals surface area contributed by atoms with Gasteiger partial charge in [-0.1, -0.05) is 31.5 Å². The number of rotatable bonds is 8. The van der Waals surface area contributed by atoms with E-state index in [-0.39, 0.29) is 17.6 Å². The molecule has 6 heteroatoms. The van der Waals surface area contributed by atoms with Gasteiger partial charge in [0.1, 0.15) is 23.5 Å². The van der Waals surface area contributed by atoms with E-state index in [1.165, 1.54) is 12.5 Å². The highest BCUT2D eigenvalue weighted by Gasteiger charge is 2.19. The molecule has 0 spiro atoms. The van der Waals surface area contributed by atoms with Crippen molar-refractivity contribution in [1.82, 2.24) is 0 Å². The maximum atomic E-state index is 12.6. The lowest BCUT2D eigenvalue weighted by Crippen LogP contribution is -2.21. The van der Waals surface area contributed by atoms with Crippen molar-refractivity contribution in [1.29, 1.82) is 5.26 Å². The lowest BCUT2D eigenvalue weighted by molar-refractivity contribution is -0.112. The summed E-state index contributed by atoms with van der Waals surface area (Å²) < 4.78 is 11.3. The van der Waals surface area contributed by atoms with Crippen LogP contribution in [0.1, 0.15) is 61.4 Å². The van der Waals surface area contributed by atoms with E-state index in [4.69, 9.17) is 9.47 Å². The Balaban J connectivity index is 1.65. The standard InChI is InChI=1S/C26H28N2O4/c1-2-16-31-24-11-7-6-8-20(24)17-21(18-27)25(29)28-22-14-12-19(13-15-22)26(30)32-23-9-4-3-5-10-23/h6-8,11-15,17,23H,2-5,9-10,16H2,1H3,(H,28,29)/b21-17+. The molecule has 1 amide bonds. The van der Waals surface area contributed by atoms with Gasteiger partial charge in [-0.2, -0.15) is 5.26 Å². The topological polar surface area (TPSA) is 88.4 Å². The van der Waals surface area contributed by atoms with Gasteiger partial charge in [-0.3, -0.25) is 4.79 Å². The lowest BCUT2D eigenvalue weighted by atomic mass is 9.98. The molecule has 1 aliphatic rings. The molecule has 0 saturated heterocycles. The summed E-state index contributed by atoms with van der Waals surface area (Å²) >= 11 is 0. The molecule has 1 N–H and O–H groups in total. The van der Waals surface area contributed by atoms with Crippen LogP contribution in [0, 0.1) is 11.3 Å². The normalized spacial score (nSPS) is 14.3. The molecule has 0 bridgehead atoms. The summed E-state index contributed by atoms with van der Waals surface area (Å²) in [5.74, 6) is -0.262. The van der Waals surface area contributed by atoms with Crippen molar-refractivity contribution in [2.45, 2.75) is 51.6 Å². The molecule has 0 heterocycles. The second-order valence-corrected chi connectivity index (χ2v) is 7.75. The van der Waals surface area contributed by atoms with Crippen LogP contribution in [0.25, 0.3) is 6.08 Å². The number of hydrogen-bond acceptors (Lipinski definition) is 5. The fourth-order valence-corrected chi connectivity index (χ4v) is 3.54. The Morgan fingerprint density at radius 1 is 1.09 bits per heavy atom. The number of carbonyl (C=O) groups excluding carboxylic acids is 2. The van der Waals surface area contributed by atoms with E-state index in [9.17, 15) is 14.9 Å². The third-order valence-corrected chi connectivity index (χ3v) is 5.25. The van der Waals surface area contributed by atoms with Crippen LogP contribution in [-0.2, 0) is 9.53 Å². The smallest absolute Gasteiger partial charge is 0.338 e. The van der Waals surface area contributed by atoms with Crippen LogP contribution in [0.3, 0.4) is 0 Å². The van der Waals surface area contributed by atoms with E-state index in [0.29, 0.717) is 29.2 Å². The van der Waals surface area contributed by atoms with Crippen molar-refractivity contribution >= 4 is 23.6 Å². The van der Waals surface area contributed by atoms with Crippen LogP contribution in [0.4, 0.5) is 5.69 Å². The number of carbonyl (C=O) groups is 2. The average molecular weight is 433 g/mol. The van der Waals surface area contributed by atoms with Crippen molar-refractivity contribution < 1.29 is 19.1 Å².